The first-order valence-corrected chi connectivity index (χ1v) is 10.6. The van der Waals surface area contributed by atoms with E-state index in [0.29, 0.717) is 18.7 Å². The van der Waals surface area contributed by atoms with E-state index in [1.165, 1.54) is 6.07 Å². The minimum atomic E-state index is -3.57. The Hall–Kier alpha value is -1.44. The molecule has 1 heterocycles. The Morgan fingerprint density at radius 2 is 1.84 bits per heavy atom. The number of hydrogen-bond acceptors (Lipinski definition) is 4. The third-order valence-electron chi connectivity index (χ3n) is 5.17. The molecule has 0 radical (unpaired) electrons. The van der Waals surface area contributed by atoms with E-state index in [4.69, 9.17) is 0 Å². The van der Waals surface area contributed by atoms with Crippen molar-refractivity contribution in [3.8, 4) is 0 Å². The van der Waals surface area contributed by atoms with E-state index in [1.807, 2.05) is 4.90 Å². The van der Waals surface area contributed by atoms with Gasteiger partial charge < -0.3 is 9.80 Å². The molecular formula is C18H27N3O3S. The molecule has 0 spiro atoms. The zero-order valence-electron chi connectivity index (χ0n) is 14.8. The van der Waals surface area contributed by atoms with Crippen LogP contribution in [-0.2, 0) is 10.0 Å². The van der Waals surface area contributed by atoms with E-state index in [9.17, 15) is 13.2 Å². The van der Waals surface area contributed by atoms with Gasteiger partial charge in [-0.3, -0.25) is 4.79 Å². The molecular weight excluding hydrogens is 338 g/mol. The van der Waals surface area contributed by atoms with Crippen molar-refractivity contribution in [1.82, 2.24) is 14.5 Å². The molecule has 1 aromatic carbocycles. The topological polar surface area (TPSA) is 69.7 Å². The quantitative estimate of drug-likeness (QED) is 0.862. The Labute approximate surface area is 150 Å². The van der Waals surface area contributed by atoms with Crippen molar-refractivity contribution >= 4 is 15.9 Å². The molecule has 0 aromatic heterocycles. The fourth-order valence-corrected chi connectivity index (χ4v) is 4.93. The van der Waals surface area contributed by atoms with Crippen LogP contribution >= 0.6 is 0 Å². The van der Waals surface area contributed by atoms with Gasteiger partial charge in [-0.05, 0) is 37.6 Å². The second kappa shape index (κ2) is 7.85. The summed E-state index contributed by atoms with van der Waals surface area (Å²) in [6.07, 6.45) is 3.91. The molecule has 0 atom stereocenters. The molecule has 7 heteroatoms. The smallest absolute Gasteiger partial charge is 0.253 e. The normalized spacial score (nSPS) is 20.1. The molecule has 1 saturated carbocycles. The number of hydrogen-bond donors (Lipinski definition) is 1. The summed E-state index contributed by atoms with van der Waals surface area (Å²) in [5, 5.41) is 0. The lowest BCUT2D eigenvalue weighted by atomic mass is 10.2. The first-order valence-electron chi connectivity index (χ1n) is 9.13. The van der Waals surface area contributed by atoms with Crippen LogP contribution in [-0.4, -0.2) is 62.9 Å². The largest absolute Gasteiger partial charge is 0.336 e. The molecule has 0 unspecified atom stereocenters. The molecule has 1 aromatic rings. The van der Waals surface area contributed by atoms with E-state index in [-0.39, 0.29) is 16.8 Å². The minimum absolute atomic E-state index is 0.0199. The van der Waals surface area contributed by atoms with E-state index >= 15 is 0 Å². The Morgan fingerprint density at radius 3 is 2.48 bits per heavy atom. The number of rotatable bonds is 5. The molecule has 2 fully saturated rings. The van der Waals surface area contributed by atoms with Gasteiger partial charge in [0, 0.05) is 37.8 Å². The summed E-state index contributed by atoms with van der Waals surface area (Å²) >= 11 is 0. The van der Waals surface area contributed by atoms with Crippen molar-refractivity contribution in [3.63, 3.8) is 0 Å². The van der Waals surface area contributed by atoms with Crippen LogP contribution < -0.4 is 4.72 Å². The van der Waals surface area contributed by atoms with Gasteiger partial charge in [0.25, 0.3) is 5.91 Å². The summed E-state index contributed by atoms with van der Waals surface area (Å²) in [6, 6.07) is 6.43. The van der Waals surface area contributed by atoms with Crippen LogP contribution in [0.2, 0.25) is 0 Å². The highest BCUT2D eigenvalue weighted by atomic mass is 32.2. The minimum Gasteiger partial charge on any atom is -0.336 e. The highest BCUT2D eigenvalue weighted by molar-refractivity contribution is 7.89. The summed E-state index contributed by atoms with van der Waals surface area (Å²) in [5.74, 6) is -0.0892. The molecule has 0 bridgehead atoms. The lowest BCUT2D eigenvalue weighted by Crippen LogP contribution is -2.48. The van der Waals surface area contributed by atoms with Gasteiger partial charge >= 0.3 is 0 Å². The average molecular weight is 365 g/mol. The number of sulfonamides is 1. The van der Waals surface area contributed by atoms with Crippen LogP contribution in [0.15, 0.2) is 29.2 Å². The summed E-state index contributed by atoms with van der Waals surface area (Å²) in [5.41, 5.74) is 0.444. The first-order chi connectivity index (χ1) is 12.0. The van der Waals surface area contributed by atoms with Gasteiger partial charge in [-0.2, -0.15) is 0 Å². The van der Waals surface area contributed by atoms with Crippen molar-refractivity contribution in [3.05, 3.63) is 29.8 Å². The number of carbonyl (C=O) groups is 1. The fourth-order valence-electron chi connectivity index (χ4n) is 3.58. The number of nitrogens with zero attached hydrogens (tertiary/aromatic N) is 2. The Balaban J connectivity index is 1.71. The van der Waals surface area contributed by atoms with Gasteiger partial charge in [-0.1, -0.05) is 25.8 Å². The highest BCUT2D eigenvalue weighted by Crippen LogP contribution is 2.21. The van der Waals surface area contributed by atoms with Crippen LogP contribution in [0.5, 0.6) is 0 Å². The molecule has 1 aliphatic heterocycles. The number of piperazine rings is 1. The lowest BCUT2D eigenvalue weighted by molar-refractivity contribution is 0.0643. The maximum Gasteiger partial charge on any atom is 0.253 e. The number of benzene rings is 1. The van der Waals surface area contributed by atoms with Gasteiger partial charge in [0.05, 0.1) is 4.90 Å². The van der Waals surface area contributed by atoms with Gasteiger partial charge in [-0.15, -0.1) is 0 Å². The van der Waals surface area contributed by atoms with E-state index in [1.54, 1.807) is 18.2 Å². The standard InChI is InChI=1S/C18H27N3O3S/c1-2-20-10-12-21(13-11-20)18(22)15-6-5-9-17(14-15)25(23,24)19-16-7-3-4-8-16/h5-6,9,14,16,19H,2-4,7-8,10-13H2,1H3. The van der Waals surface area contributed by atoms with Crippen molar-refractivity contribution in [2.45, 2.75) is 43.5 Å². The summed E-state index contributed by atoms with van der Waals surface area (Å²) in [6.45, 7) is 6.20. The van der Waals surface area contributed by atoms with Crippen LogP contribution in [0.25, 0.3) is 0 Å². The number of likely N-dealkylation sites (N-methyl/N-ethyl adjacent to an activating group) is 1. The van der Waals surface area contributed by atoms with Crippen LogP contribution in [0.1, 0.15) is 43.0 Å². The average Bonchev–Trinajstić information content (AvgIpc) is 3.13. The third kappa shape index (κ3) is 4.40. The number of nitrogens with one attached hydrogen (secondary N) is 1. The monoisotopic (exact) mass is 365 g/mol. The SMILES string of the molecule is CCN1CCN(C(=O)c2cccc(S(=O)(=O)NC3CCCC3)c2)CC1. The molecule has 1 aliphatic carbocycles. The van der Waals surface area contributed by atoms with Crippen molar-refractivity contribution in [2.75, 3.05) is 32.7 Å². The molecule has 6 nitrogen and oxygen atoms in total. The van der Waals surface area contributed by atoms with E-state index in [0.717, 1.165) is 45.3 Å². The zero-order valence-corrected chi connectivity index (χ0v) is 15.6. The van der Waals surface area contributed by atoms with E-state index < -0.39 is 10.0 Å². The highest BCUT2D eigenvalue weighted by Gasteiger charge is 2.25. The summed E-state index contributed by atoms with van der Waals surface area (Å²) in [7, 11) is -3.57. The number of amides is 1. The molecule has 3 rings (SSSR count). The van der Waals surface area contributed by atoms with Crippen LogP contribution in [0, 0.1) is 0 Å². The third-order valence-corrected chi connectivity index (χ3v) is 6.69. The van der Waals surface area contributed by atoms with Gasteiger partial charge in [0.2, 0.25) is 10.0 Å². The van der Waals surface area contributed by atoms with Crippen molar-refractivity contribution in [2.24, 2.45) is 0 Å². The van der Waals surface area contributed by atoms with Crippen LogP contribution in [0.3, 0.4) is 0 Å². The predicted molar refractivity (Wildman–Crippen MR) is 97.0 cm³/mol. The summed E-state index contributed by atoms with van der Waals surface area (Å²) < 4.78 is 27.9. The van der Waals surface area contributed by atoms with Gasteiger partial charge in [0.15, 0.2) is 0 Å². The molecule has 1 amide bonds. The van der Waals surface area contributed by atoms with Crippen molar-refractivity contribution < 1.29 is 13.2 Å². The lowest BCUT2D eigenvalue weighted by Gasteiger charge is -2.34. The maximum atomic E-state index is 12.7. The van der Waals surface area contributed by atoms with Crippen LogP contribution in [0.4, 0.5) is 0 Å². The second-order valence-corrected chi connectivity index (χ2v) is 8.57. The molecule has 2 aliphatic rings. The van der Waals surface area contributed by atoms with Gasteiger partial charge in [0.1, 0.15) is 0 Å². The Bertz CT molecular complexity index is 706. The fraction of sp³-hybridized carbons (Fsp3) is 0.611. The molecule has 138 valence electrons. The zero-order chi connectivity index (χ0) is 17.9. The maximum absolute atomic E-state index is 12.7. The Kier molecular flexibility index (Phi) is 5.76. The molecule has 25 heavy (non-hydrogen) atoms. The molecule has 1 N–H and O–H groups in total. The number of carbonyl (C=O) groups excluding carboxylic acids is 1. The van der Waals surface area contributed by atoms with E-state index in [2.05, 4.69) is 16.5 Å². The first kappa shape index (κ1) is 18.4. The second-order valence-electron chi connectivity index (χ2n) is 6.86. The predicted octanol–water partition coefficient (Wildman–Crippen LogP) is 1.69. The molecule has 1 saturated heterocycles. The van der Waals surface area contributed by atoms with Crippen molar-refractivity contribution in [1.29, 1.82) is 0 Å². The Morgan fingerprint density at radius 1 is 1.16 bits per heavy atom. The van der Waals surface area contributed by atoms with Gasteiger partial charge in [-0.25, -0.2) is 13.1 Å². The summed E-state index contributed by atoms with van der Waals surface area (Å²) in [4.78, 5) is 17.0.